The van der Waals surface area contributed by atoms with Gasteiger partial charge in [0, 0.05) is 11.3 Å². The van der Waals surface area contributed by atoms with E-state index in [1.165, 1.54) is 0 Å². The number of fused-ring (bicyclic) bond motifs is 3. The summed E-state index contributed by atoms with van der Waals surface area (Å²) in [5.41, 5.74) is 0.686. The molecule has 7 atom stereocenters. The molecule has 0 unspecified atom stereocenters. The molecule has 2 saturated carbocycles. The second kappa shape index (κ2) is 5.31. The first-order valence-electron chi connectivity index (χ1n) is 9.24. The van der Waals surface area contributed by atoms with Crippen LogP contribution in [-0.4, -0.2) is 34.1 Å². The first-order chi connectivity index (χ1) is 10.6. The van der Waals surface area contributed by atoms with E-state index in [0.717, 1.165) is 31.3 Å². The van der Waals surface area contributed by atoms with Gasteiger partial charge in [-0.2, -0.15) is 0 Å². The lowest BCUT2D eigenvalue weighted by atomic mass is 9.44. The quantitative estimate of drug-likeness (QED) is 0.724. The molecule has 3 nitrogen and oxygen atoms in total. The van der Waals surface area contributed by atoms with Crippen molar-refractivity contribution in [2.24, 2.45) is 22.7 Å². The molecule has 0 spiro atoms. The first-order valence-corrected chi connectivity index (χ1v) is 9.24. The summed E-state index contributed by atoms with van der Waals surface area (Å²) in [5.74, 6) is 0.419. The van der Waals surface area contributed by atoms with E-state index in [2.05, 4.69) is 27.7 Å². The lowest BCUT2D eigenvalue weighted by Crippen LogP contribution is -2.63. The Morgan fingerprint density at radius 3 is 2.35 bits per heavy atom. The van der Waals surface area contributed by atoms with E-state index in [-0.39, 0.29) is 34.6 Å². The fourth-order valence-electron chi connectivity index (χ4n) is 6.36. The molecule has 132 valence electrons. The van der Waals surface area contributed by atoms with Crippen molar-refractivity contribution in [2.75, 3.05) is 0 Å². The van der Waals surface area contributed by atoms with Crippen LogP contribution in [-0.2, 0) is 4.74 Å². The fraction of sp³-hybridized carbons (Fsp3) is 0.900. The maximum atomic E-state index is 11.2. The molecule has 0 aromatic rings. The minimum Gasteiger partial charge on any atom is -0.393 e. The van der Waals surface area contributed by atoms with E-state index in [1.807, 2.05) is 19.9 Å². The van der Waals surface area contributed by atoms with Gasteiger partial charge >= 0.3 is 0 Å². The second-order valence-electron chi connectivity index (χ2n) is 9.35. The van der Waals surface area contributed by atoms with Gasteiger partial charge in [-0.1, -0.05) is 26.8 Å². The zero-order valence-electron chi connectivity index (χ0n) is 15.6. The van der Waals surface area contributed by atoms with E-state index in [9.17, 15) is 10.2 Å². The number of aliphatic hydroxyl groups excluding tert-OH is 2. The van der Waals surface area contributed by atoms with E-state index < -0.39 is 6.10 Å². The summed E-state index contributed by atoms with van der Waals surface area (Å²) >= 11 is 0. The SMILES string of the molecule is C/C=C(\C)[C@H]1O[C@]2(C)CC[C@H]3C(C)(C)CC[C@@H](O)[C@]3(C)[C@H]2[C@@H]1O. The topological polar surface area (TPSA) is 49.7 Å². The van der Waals surface area contributed by atoms with E-state index in [0.29, 0.717) is 5.92 Å². The van der Waals surface area contributed by atoms with Crippen molar-refractivity contribution < 1.29 is 14.9 Å². The molecule has 0 aromatic heterocycles. The molecule has 2 N–H and O–H groups in total. The first kappa shape index (κ1) is 17.4. The zero-order valence-corrected chi connectivity index (χ0v) is 15.6. The molecule has 23 heavy (non-hydrogen) atoms. The van der Waals surface area contributed by atoms with Gasteiger partial charge in [-0.25, -0.2) is 0 Å². The highest BCUT2D eigenvalue weighted by atomic mass is 16.5. The molecule has 1 saturated heterocycles. The number of rotatable bonds is 1. The van der Waals surface area contributed by atoms with Crippen LogP contribution >= 0.6 is 0 Å². The molecule has 0 radical (unpaired) electrons. The van der Waals surface area contributed by atoms with Gasteiger partial charge in [-0.05, 0) is 63.4 Å². The highest BCUT2D eigenvalue weighted by Gasteiger charge is 2.68. The van der Waals surface area contributed by atoms with Gasteiger partial charge in [-0.15, -0.1) is 0 Å². The summed E-state index contributed by atoms with van der Waals surface area (Å²) in [7, 11) is 0. The Balaban J connectivity index is 2.06. The Morgan fingerprint density at radius 1 is 1.09 bits per heavy atom. The molecular formula is C20H34O3. The Morgan fingerprint density at radius 2 is 1.74 bits per heavy atom. The van der Waals surface area contributed by atoms with Crippen LogP contribution in [0.3, 0.4) is 0 Å². The standard InChI is InChI=1S/C20H34O3/c1-7-12(2)16-15(22)17-19(5,23-16)11-8-13-18(3,4)10-9-14(21)20(13,17)6/h7,13-17,21-22H,8-11H2,1-6H3/b12-7+/t13-,14+,15+,16+,17-,19+,20+/m0/s1. The monoisotopic (exact) mass is 322 g/mol. The Kier molecular flexibility index (Phi) is 4.02. The van der Waals surface area contributed by atoms with Crippen molar-refractivity contribution in [1.82, 2.24) is 0 Å². The normalized spacial score (nSPS) is 52.9. The summed E-state index contributed by atoms with van der Waals surface area (Å²) in [6.07, 6.45) is 4.85. The Labute approximate surface area is 141 Å². The molecule has 0 aromatic carbocycles. The molecule has 1 aliphatic heterocycles. The summed E-state index contributed by atoms with van der Waals surface area (Å²) in [4.78, 5) is 0. The third kappa shape index (κ3) is 2.26. The maximum absolute atomic E-state index is 11.2. The van der Waals surface area contributed by atoms with Gasteiger partial charge in [0.15, 0.2) is 0 Å². The number of allylic oxidation sites excluding steroid dienone is 1. The van der Waals surface area contributed by atoms with Crippen molar-refractivity contribution in [3.8, 4) is 0 Å². The van der Waals surface area contributed by atoms with Gasteiger partial charge in [0.1, 0.15) is 6.10 Å². The smallest absolute Gasteiger partial charge is 0.105 e. The lowest BCUT2D eigenvalue weighted by Gasteiger charge is -2.62. The van der Waals surface area contributed by atoms with E-state index in [1.54, 1.807) is 0 Å². The van der Waals surface area contributed by atoms with Gasteiger partial charge in [0.25, 0.3) is 0 Å². The van der Waals surface area contributed by atoms with Crippen molar-refractivity contribution >= 4 is 0 Å². The fourth-order valence-corrected chi connectivity index (χ4v) is 6.36. The average Bonchev–Trinajstić information content (AvgIpc) is 2.75. The molecule has 1 heterocycles. The number of aliphatic hydroxyl groups is 2. The van der Waals surface area contributed by atoms with Crippen molar-refractivity contribution in [3.63, 3.8) is 0 Å². The van der Waals surface area contributed by atoms with Crippen LogP contribution in [0.4, 0.5) is 0 Å². The van der Waals surface area contributed by atoms with Gasteiger partial charge < -0.3 is 14.9 Å². The second-order valence-corrected chi connectivity index (χ2v) is 9.35. The Hall–Kier alpha value is -0.380. The van der Waals surface area contributed by atoms with Crippen LogP contribution in [0.15, 0.2) is 11.6 Å². The molecular weight excluding hydrogens is 288 g/mol. The van der Waals surface area contributed by atoms with Crippen molar-refractivity contribution in [3.05, 3.63) is 11.6 Å². The van der Waals surface area contributed by atoms with Crippen LogP contribution in [0, 0.1) is 22.7 Å². The molecule has 0 amide bonds. The molecule has 3 heteroatoms. The van der Waals surface area contributed by atoms with Crippen LogP contribution < -0.4 is 0 Å². The van der Waals surface area contributed by atoms with Gasteiger partial charge in [0.2, 0.25) is 0 Å². The van der Waals surface area contributed by atoms with Crippen LogP contribution in [0.5, 0.6) is 0 Å². The van der Waals surface area contributed by atoms with E-state index in [4.69, 9.17) is 4.74 Å². The zero-order chi connectivity index (χ0) is 17.2. The number of hydrogen-bond donors (Lipinski definition) is 2. The summed E-state index contributed by atoms with van der Waals surface area (Å²) in [6, 6.07) is 0. The molecule has 3 fully saturated rings. The summed E-state index contributed by atoms with van der Waals surface area (Å²) in [5, 5.41) is 22.1. The predicted molar refractivity (Wildman–Crippen MR) is 92.1 cm³/mol. The summed E-state index contributed by atoms with van der Waals surface area (Å²) in [6.45, 7) is 13.1. The largest absolute Gasteiger partial charge is 0.393 e. The predicted octanol–water partition coefficient (Wildman–Crippen LogP) is 3.68. The molecule has 3 rings (SSSR count). The molecule has 3 aliphatic rings. The van der Waals surface area contributed by atoms with Crippen molar-refractivity contribution in [1.29, 1.82) is 0 Å². The summed E-state index contributed by atoms with van der Waals surface area (Å²) < 4.78 is 6.42. The minimum atomic E-state index is -0.535. The van der Waals surface area contributed by atoms with Crippen LogP contribution in [0.1, 0.15) is 67.2 Å². The van der Waals surface area contributed by atoms with Gasteiger partial charge in [0.05, 0.1) is 17.8 Å². The van der Waals surface area contributed by atoms with Crippen molar-refractivity contribution in [2.45, 2.75) is 91.1 Å². The maximum Gasteiger partial charge on any atom is 0.105 e. The van der Waals surface area contributed by atoms with Crippen LogP contribution in [0.25, 0.3) is 0 Å². The van der Waals surface area contributed by atoms with E-state index >= 15 is 0 Å². The molecule has 2 aliphatic carbocycles. The van der Waals surface area contributed by atoms with Crippen LogP contribution in [0.2, 0.25) is 0 Å². The third-order valence-corrected chi connectivity index (χ3v) is 7.68. The average molecular weight is 322 g/mol. The highest BCUT2D eigenvalue weighted by molar-refractivity contribution is 5.21. The minimum absolute atomic E-state index is 0.0109. The third-order valence-electron chi connectivity index (χ3n) is 7.68. The lowest BCUT2D eigenvalue weighted by molar-refractivity contribution is -0.205. The number of hydrogen-bond acceptors (Lipinski definition) is 3. The van der Waals surface area contributed by atoms with Gasteiger partial charge in [-0.3, -0.25) is 0 Å². The Bertz CT molecular complexity index is 511. The molecule has 0 bridgehead atoms. The number of ether oxygens (including phenoxy) is 1. The highest BCUT2D eigenvalue weighted by Crippen LogP contribution is 2.65.